The van der Waals surface area contributed by atoms with Gasteiger partial charge in [0.15, 0.2) is 5.11 Å². The quantitative estimate of drug-likeness (QED) is 0.607. The van der Waals surface area contributed by atoms with Crippen LogP contribution in [0.5, 0.6) is 5.75 Å². The van der Waals surface area contributed by atoms with Crippen molar-refractivity contribution >= 4 is 23.0 Å². The van der Waals surface area contributed by atoms with Gasteiger partial charge in [0.2, 0.25) is 0 Å². The van der Waals surface area contributed by atoms with E-state index in [-0.39, 0.29) is 0 Å². The summed E-state index contributed by atoms with van der Waals surface area (Å²) in [6.07, 6.45) is 4.86. The standard InChI is InChI=1S/C16H22N4OS/c1-3-21-15-8-5-4-7-14(15)19-16(22)17-9-6-10-20-12-13(2)11-18-20/h4-5,7-8,11-12H,3,6,9-10H2,1-2H3,(H2,17,19,22). The highest BCUT2D eigenvalue weighted by atomic mass is 32.1. The third-order valence-corrected chi connectivity index (χ3v) is 3.29. The molecule has 5 nitrogen and oxygen atoms in total. The van der Waals surface area contributed by atoms with Crippen molar-refractivity contribution < 1.29 is 4.74 Å². The predicted molar refractivity (Wildman–Crippen MR) is 93.4 cm³/mol. The van der Waals surface area contributed by atoms with E-state index in [0.717, 1.165) is 30.9 Å². The lowest BCUT2D eigenvalue weighted by molar-refractivity contribution is 0.342. The minimum atomic E-state index is 0.601. The molecule has 2 rings (SSSR count). The van der Waals surface area contributed by atoms with Crippen molar-refractivity contribution in [2.45, 2.75) is 26.8 Å². The van der Waals surface area contributed by atoms with Crippen molar-refractivity contribution in [3.8, 4) is 5.75 Å². The van der Waals surface area contributed by atoms with Crippen molar-refractivity contribution in [2.75, 3.05) is 18.5 Å². The number of rotatable bonds is 7. The number of nitrogens with one attached hydrogen (secondary N) is 2. The maximum atomic E-state index is 5.56. The molecule has 0 saturated heterocycles. The lowest BCUT2D eigenvalue weighted by Gasteiger charge is -2.14. The molecule has 2 aromatic rings. The first-order chi connectivity index (χ1) is 10.7. The monoisotopic (exact) mass is 318 g/mol. The molecule has 0 spiro atoms. The van der Waals surface area contributed by atoms with Gasteiger partial charge in [-0.2, -0.15) is 5.10 Å². The van der Waals surface area contributed by atoms with E-state index in [9.17, 15) is 0 Å². The summed E-state index contributed by atoms with van der Waals surface area (Å²) in [4.78, 5) is 0. The predicted octanol–water partition coefficient (Wildman–Crippen LogP) is 2.97. The zero-order chi connectivity index (χ0) is 15.8. The first-order valence-electron chi connectivity index (χ1n) is 7.44. The Morgan fingerprint density at radius 2 is 2.18 bits per heavy atom. The molecule has 0 bridgehead atoms. The average Bonchev–Trinajstić information content (AvgIpc) is 2.92. The molecule has 0 fully saturated rings. The lowest BCUT2D eigenvalue weighted by Crippen LogP contribution is -2.30. The van der Waals surface area contributed by atoms with Crippen LogP contribution >= 0.6 is 12.2 Å². The zero-order valence-corrected chi connectivity index (χ0v) is 13.8. The van der Waals surface area contributed by atoms with E-state index in [1.165, 1.54) is 5.56 Å². The van der Waals surface area contributed by atoms with Crippen LogP contribution in [0, 0.1) is 6.92 Å². The molecule has 1 aromatic heterocycles. The van der Waals surface area contributed by atoms with Crippen LogP contribution in [0.2, 0.25) is 0 Å². The lowest BCUT2D eigenvalue weighted by atomic mass is 10.3. The van der Waals surface area contributed by atoms with E-state index >= 15 is 0 Å². The van der Waals surface area contributed by atoms with E-state index < -0.39 is 0 Å². The molecule has 6 heteroatoms. The molecular formula is C16H22N4OS. The maximum Gasteiger partial charge on any atom is 0.170 e. The van der Waals surface area contributed by atoms with Crippen LogP contribution in [-0.2, 0) is 6.54 Å². The van der Waals surface area contributed by atoms with Crippen molar-refractivity contribution in [3.05, 3.63) is 42.2 Å². The van der Waals surface area contributed by atoms with Gasteiger partial charge in [0.05, 0.1) is 18.5 Å². The van der Waals surface area contributed by atoms with Crippen molar-refractivity contribution in [1.82, 2.24) is 15.1 Å². The Bertz CT molecular complexity index is 612. The van der Waals surface area contributed by atoms with Crippen LogP contribution < -0.4 is 15.4 Å². The highest BCUT2D eigenvalue weighted by molar-refractivity contribution is 7.80. The second-order valence-electron chi connectivity index (χ2n) is 4.94. The molecule has 2 N–H and O–H groups in total. The number of benzene rings is 1. The van der Waals surface area contributed by atoms with Crippen molar-refractivity contribution in [1.29, 1.82) is 0 Å². The third kappa shape index (κ3) is 5.04. The van der Waals surface area contributed by atoms with Gasteiger partial charge in [0, 0.05) is 19.3 Å². The summed E-state index contributed by atoms with van der Waals surface area (Å²) >= 11 is 5.31. The van der Waals surface area contributed by atoms with Gasteiger partial charge >= 0.3 is 0 Å². The minimum Gasteiger partial charge on any atom is -0.492 e. The van der Waals surface area contributed by atoms with Crippen LogP contribution in [-0.4, -0.2) is 28.0 Å². The molecule has 1 heterocycles. The number of hydrogen-bond acceptors (Lipinski definition) is 3. The number of aryl methyl sites for hydroxylation is 2. The fourth-order valence-electron chi connectivity index (χ4n) is 2.05. The number of para-hydroxylation sites is 2. The number of anilines is 1. The normalized spacial score (nSPS) is 10.3. The van der Waals surface area contributed by atoms with Gasteiger partial charge in [-0.15, -0.1) is 0 Å². The SMILES string of the molecule is CCOc1ccccc1NC(=S)NCCCn1cc(C)cn1. The second kappa shape index (κ2) is 8.38. The molecule has 0 aliphatic carbocycles. The van der Waals surface area contributed by atoms with Crippen molar-refractivity contribution in [3.63, 3.8) is 0 Å². The van der Waals surface area contributed by atoms with Gasteiger partial charge in [-0.05, 0) is 50.2 Å². The highest BCUT2D eigenvalue weighted by Crippen LogP contribution is 2.23. The first kappa shape index (κ1) is 16.3. The molecule has 1 aromatic carbocycles. The third-order valence-electron chi connectivity index (χ3n) is 3.05. The molecule has 0 aliphatic heterocycles. The van der Waals surface area contributed by atoms with Gasteiger partial charge < -0.3 is 15.4 Å². The Labute approximate surface area is 136 Å². The first-order valence-corrected chi connectivity index (χ1v) is 7.85. The van der Waals surface area contributed by atoms with E-state index in [2.05, 4.69) is 15.7 Å². The number of ether oxygens (including phenoxy) is 1. The van der Waals surface area contributed by atoms with Gasteiger partial charge in [-0.1, -0.05) is 12.1 Å². The Balaban J connectivity index is 1.74. The van der Waals surface area contributed by atoms with E-state index in [4.69, 9.17) is 17.0 Å². The molecular weight excluding hydrogens is 296 g/mol. The highest BCUT2D eigenvalue weighted by Gasteiger charge is 2.04. The van der Waals surface area contributed by atoms with E-state index in [1.54, 1.807) is 0 Å². The molecule has 0 unspecified atom stereocenters. The Morgan fingerprint density at radius 1 is 1.36 bits per heavy atom. The van der Waals surface area contributed by atoms with Crippen LogP contribution in [0.25, 0.3) is 0 Å². The van der Waals surface area contributed by atoms with Gasteiger partial charge in [0.1, 0.15) is 5.75 Å². The smallest absolute Gasteiger partial charge is 0.170 e. The second-order valence-corrected chi connectivity index (χ2v) is 5.35. The fourth-order valence-corrected chi connectivity index (χ4v) is 2.26. The van der Waals surface area contributed by atoms with Crippen LogP contribution in [0.15, 0.2) is 36.7 Å². The molecule has 22 heavy (non-hydrogen) atoms. The number of nitrogens with zero attached hydrogens (tertiary/aromatic N) is 2. The molecule has 0 saturated carbocycles. The summed E-state index contributed by atoms with van der Waals surface area (Å²) in [5.74, 6) is 0.807. The molecule has 0 atom stereocenters. The topological polar surface area (TPSA) is 51.1 Å². The van der Waals surface area contributed by atoms with Gasteiger partial charge in [-0.3, -0.25) is 4.68 Å². The van der Waals surface area contributed by atoms with Crippen LogP contribution in [0.3, 0.4) is 0 Å². The Morgan fingerprint density at radius 3 is 2.91 bits per heavy atom. The number of thiocarbonyl (C=S) groups is 1. The molecule has 118 valence electrons. The Kier molecular flexibility index (Phi) is 6.21. The summed E-state index contributed by atoms with van der Waals surface area (Å²) in [6, 6.07) is 7.77. The molecule has 0 amide bonds. The summed E-state index contributed by atoms with van der Waals surface area (Å²) in [6.45, 7) is 6.30. The average molecular weight is 318 g/mol. The van der Waals surface area contributed by atoms with Crippen LogP contribution in [0.4, 0.5) is 5.69 Å². The number of aromatic nitrogens is 2. The zero-order valence-electron chi connectivity index (χ0n) is 13.0. The summed E-state index contributed by atoms with van der Waals surface area (Å²) in [5, 5.41) is 11.2. The summed E-state index contributed by atoms with van der Waals surface area (Å²) < 4.78 is 7.50. The van der Waals surface area contributed by atoms with Crippen molar-refractivity contribution in [2.24, 2.45) is 0 Å². The van der Waals surface area contributed by atoms with Crippen LogP contribution in [0.1, 0.15) is 18.9 Å². The van der Waals surface area contributed by atoms with Gasteiger partial charge in [-0.25, -0.2) is 0 Å². The summed E-state index contributed by atoms with van der Waals surface area (Å²) in [7, 11) is 0. The maximum absolute atomic E-state index is 5.56. The van der Waals surface area contributed by atoms with Gasteiger partial charge in [0.25, 0.3) is 0 Å². The minimum absolute atomic E-state index is 0.601. The molecule has 0 aliphatic rings. The number of hydrogen-bond donors (Lipinski definition) is 2. The largest absolute Gasteiger partial charge is 0.492 e. The van der Waals surface area contributed by atoms with E-state index in [1.807, 2.05) is 55.2 Å². The fraction of sp³-hybridized carbons (Fsp3) is 0.375. The van der Waals surface area contributed by atoms with E-state index in [0.29, 0.717) is 11.7 Å². The Hall–Kier alpha value is -2.08. The summed E-state index contributed by atoms with van der Waals surface area (Å²) in [5.41, 5.74) is 2.06. The molecule has 0 radical (unpaired) electrons.